The molecule has 1 aromatic rings. The maximum Gasteiger partial charge on any atom is 0.141 e. The lowest BCUT2D eigenvalue weighted by Gasteiger charge is -2.20. The molecule has 88 valence electrons. The van der Waals surface area contributed by atoms with E-state index in [0.29, 0.717) is 11.8 Å². The van der Waals surface area contributed by atoms with Gasteiger partial charge in [-0.3, -0.25) is 0 Å². The summed E-state index contributed by atoms with van der Waals surface area (Å²) < 4.78 is 0. The topological polar surface area (TPSA) is 51.8 Å². The molecule has 3 nitrogen and oxygen atoms in total. The molecule has 1 unspecified atom stereocenters. The van der Waals surface area contributed by atoms with Crippen LogP contribution in [0.4, 0.5) is 0 Å². The molecule has 0 aliphatic carbocycles. The van der Waals surface area contributed by atoms with Crippen molar-refractivity contribution in [2.75, 3.05) is 12.3 Å². The molecule has 0 spiro atoms. The number of nitrogens with two attached hydrogens (primary N) is 1. The molecule has 16 heavy (non-hydrogen) atoms. The Morgan fingerprint density at radius 1 is 1.44 bits per heavy atom. The molecule has 0 aromatic carbocycles. The molecule has 1 fully saturated rings. The number of aryl methyl sites for hydroxylation is 1. The van der Waals surface area contributed by atoms with Gasteiger partial charge in [0.15, 0.2) is 0 Å². The minimum absolute atomic E-state index is 0.505. The Morgan fingerprint density at radius 3 is 3.00 bits per heavy atom. The molecule has 0 amide bonds. The molecule has 1 aliphatic rings. The van der Waals surface area contributed by atoms with Crippen LogP contribution in [0.15, 0.2) is 6.07 Å². The van der Waals surface area contributed by atoms with Gasteiger partial charge in [-0.2, -0.15) is 11.8 Å². The van der Waals surface area contributed by atoms with Crippen LogP contribution >= 0.6 is 11.8 Å². The Morgan fingerprint density at radius 2 is 2.31 bits per heavy atom. The Kier molecular flexibility index (Phi) is 4.18. The summed E-state index contributed by atoms with van der Waals surface area (Å²) in [5.41, 5.74) is 7.74. The average molecular weight is 237 g/mol. The third kappa shape index (κ3) is 2.95. The fraction of sp³-hybridized carbons (Fsp3) is 0.667. The minimum Gasteiger partial charge on any atom is -0.330 e. The summed E-state index contributed by atoms with van der Waals surface area (Å²) in [6.45, 7) is 2.70. The van der Waals surface area contributed by atoms with E-state index in [1.165, 1.54) is 25.0 Å². The summed E-state index contributed by atoms with van der Waals surface area (Å²) in [6, 6.07) is 2.05. The minimum atomic E-state index is 0.505. The third-order valence-corrected chi connectivity index (χ3v) is 4.17. The van der Waals surface area contributed by atoms with Gasteiger partial charge in [0.25, 0.3) is 0 Å². The second-order valence-corrected chi connectivity index (χ2v) is 5.56. The van der Waals surface area contributed by atoms with Crippen molar-refractivity contribution in [3.63, 3.8) is 0 Å². The van der Waals surface area contributed by atoms with Gasteiger partial charge in [-0.1, -0.05) is 6.42 Å². The van der Waals surface area contributed by atoms with Gasteiger partial charge < -0.3 is 5.73 Å². The highest BCUT2D eigenvalue weighted by Crippen LogP contribution is 2.36. The van der Waals surface area contributed by atoms with Crippen LogP contribution in [0.5, 0.6) is 0 Å². The Hall–Kier alpha value is -0.610. The number of nitrogens with zero attached hydrogens (tertiary/aromatic N) is 2. The second kappa shape index (κ2) is 5.64. The van der Waals surface area contributed by atoms with E-state index < -0.39 is 0 Å². The number of rotatable bonds is 3. The normalized spacial score (nSPS) is 21.0. The van der Waals surface area contributed by atoms with Crippen molar-refractivity contribution in [3.8, 4) is 0 Å². The number of hydrogen-bond acceptors (Lipinski definition) is 4. The highest BCUT2D eigenvalue weighted by atomic mass is 32.2. The molecule has 0 radical (unpaired) electrons. The number of hydrogen-bond donors (Lipinski definition) is 1. The van der Waals surface area contributed by atoms with Crippen molar-refractivity contribution < 1.29 is 0 Å². The van der Waals surface area contributed by atoms with E-state index in [1.54, 1.807) is 0 Å². The van der Waals surface area contributed by atoms with E-state index in [0.717, 1.165) is 23.6 Å². The lowest BCUT2D eigenvalue weighted by molar-refractivity contribution is 0.655. The molecule has 0 bridgehead atoms. The molecule has 1 atom stereocenters. The van der Waals surface area contributed by atoms with Crippen LogP contribution in [0.2, 0.25) is 0 Å². The average Bonchev–Trinajstić information content (AvgIpc) is 2.30. The van der Waals surface area contributed by atoms with E-state index in [-0.39, 0.29) is 0 Å². The van der Waals surface area contributed by atoms with Crippen LogP contribution in [0, 0.1) is 6.92 Å². The molecule has 2 N–H and O–H groups in total. The van der Waals surface area contributed by atoms with Crippen molar-refractivity contribution in [3.05, 3.63) is 23.3 Å². The summed E-state index contributed by atoms with van der Waals surface area (Å²) >= 11 is 2.00. The van der Waals surface area contributed by atoms with Crippen molar-refractivity contribution in [1.82, 2.24) is 9.97 Å². The van der Waals surface area contributed by atoms with Gasteiger partial charge in [0.1, 0.15) is 5.82 Å². The van der Waals surface area contributed by atoms with Gasteiger partial charge in [-0.15, -0.1) is 0 Å². The molecule has 1 aliphatic heterocycles. The van der Waals surface area contributed by atoms with Crippen molar-refractivity contribution in [1.29, 1.82) is 0 Å². The molecule has 2 heterocycles. The summed E-state index contributed by atoms with van der Waals surface area (Å²) in [5, 5.41) is 0.505. The molecule has 1 aromatic heterocycles. The smallest absolute Gasteiger partial charge is 0.141 e. The first-order chi connectivity index (χ1) is 7.79. The highest BCUT2D eigenvalue weighted by molar-refractivity contribution is 7.99. The Balaban J connectivity index is 2.18. The summed E-state index contributed by atoms with van der Waals surface area (Å²) in [7, 11) is 0. The van der Waals surface area contributed by atoms with Gasteiger partial charge in [0, 0.05) is 17.8 Å². The Labute approximate surface area is 101 Å². The number of thioether (sulfide) groups is 1. The fourth-order valence-electron chi connectivity index (χ4n) is 2.02. The highest BCUT2D eigenvalue weighted by Gasteiger charge is 2.19. The van der Waals surface area contributed by atoms with Crippen molar-refractivity contribution >= 4 is 11.8 Å². The number of aromatic nitrogens is 2. The lowest BCUT2D eigenvalue weighted by atomic mass is 10.1. The van der Waals surface area contributed by atoms with E-state index >= 15 is 0 Å². The van der Waals surface area contributed by atoms with E-state index in [4.69, 9.17) is 5.73 Å². The van der Waals surface area contributed by atoms with Gasteiger partial charge in [-0.05, 0) is 38.1 Å². The van der Waals surface area contributed by atoms with Gasteiger partial charge in [0.05, 0.1) is 5.25 Å². The molecule has 4 heteroatoms. The summed E-state index contributed by atoms with van der Waals surface area (Å²) in [4.78, 5) is 9.20. The van der Waals surface area contributed by atoms with Crippen molar-refractivity contribution in [2.24, 2.45) is 5.73 Å². The van der Waals surface area contributed by atoms with Crippen LogP contribution < -0.4 is 5.73 Å². The zero-order valence-corrected chi connectivity index (χ0v) is 10.6. The van der Waals surface area contributed by atoms with Crippen LogP contribution in [0.1, 0.15) is 41.7 Å². The van der Waals surface area contributed by atoms with Gasteiger partial charge >= 0.3 is 0 Å². The zero-order valence-electron chi connectivity index (χ0n) is 9.78. The quantitative estimate of drug-likeness (QED) is 0.876. The first-order valence-corrected chi connectivity index (χ1v) is 7.00. The molecular weight excluding hydrogens is 218 g/mol. The molecule has 2 rings (SSSR count). The SMILES string of the molecule is Cc1cc(CCN)nc(C2CCCCS2)n1. The van der Waals surface area contributed by atoms with E-state index in [1.807, 2.05) is 24.8 Å². The fourth-order valence-corrected chi connectivity index (χ4v) is 3.27. The predicted molar refractivity (Wildman–Crippen MR) is 68.6 cm³/mol. The van der Waals surface area contributed by atoms with Crippen LogP contribution in [0.25, 0.3) is 0 Å². The maximum absolute atomic E-state index is 5.57. The largest absolute Gasteiger partial charge is 0.330 e. The van der Waals surface area contributed by atoms with Crippen LogP contribution in [-0.2, 0) is 6.42 Å². The standard InChI is InChI=1S/C12H19N3S/c1-9-8-10(5-6-13)15-12(14-9)11-4-2-3-7-16-11/h8,11H,2-7,13H2,1H3. The molecular formula is C12H19N3S. The Bertz CT molecular complexity index is 348. The first-order valence-electron chi connectivity index (χ1n) is 5.95. The lowest BCUT2D eigenvalue weighted by Crippen LogP contribution is -2.11. The second-order valence-electron chi connectivity index (χ2n) is 4.25. The van der Waals surface area contributed by atoms with Crippen molar-refractivity contribution in [2.45, 2.75) is 37.9 Å². The van der Waals surface area contributed by atoms with Crippen LogP contribution in [-0.4, -0.2) is 22.3 Å². The van der Waals surface area contributed by atoms with Gasteiger partial charge in [-0.25, -0.2) is 9.97 Å². The monoisotopic (exact) mass is 237 g/mol. The predicted octanol–water partition coefficient (Wildman–Crippen LogP) is 2.24. The first kappa shape index (κ1) is 11.9. The zero-order chi connectivity index (χ0) is 11.4. The third-order valence-electron chi connectivity index (χ3n) is 2.79. The van der Waals surface area contributed by atoms with Gasteiger partial charge in [0.2, 0.25) is 0 Å². The summed E-state index contributed by atoms with van der Waals surface area (Å²) in [6.07, 6.45) is 4.72. The van der Waals surface area contributed by atoms with Crippen LogP contribution in [0.3, 0.4) is 0 Å². The van der Waals surface area contributed by atoms with E-state index in [2.05, 4.69) is 9.97 Å². The van der Waals surface area contributed by atoms with E-state index in [9.17, 15) is 0 Å². The molecule has 1 saturated heterocycles. The molecule has 0 saturated carbocycles. The maximum atomic E-state index is 5.57. The summed E-state index contributed by atoms with van der Waals surface area (Å²) in [5.74, 6) is 2.27.